The number of benzene rings is 1. The number of nitrogens with zero attached hydrogens (tertiary/aromatic N) is 6. The van der Waals surface area contributed by atoms with Gasteiger partial charge in [-0.15, -0.1) is 0 Å². The normalized spacial score (nSPS) is 12.9. The van der Waals surface area contributed by atoms with Crippen LogP contribution in [0, 0.1) is 17.6 Å². The van der Waals surface area contributed by atoms with Gasteiger partial charge in [-0.05, 0) is 18.1 Å². The molecular weight excluding hydrogens is 458 g/mol. The summed E-state index contributed by atoms with van der Waals surface area (Å²) in [4.78, 5) is 21.6. The first-order valence-corrected chi connectivity index (χ1v) is 11.0. The standard InChI is InChI=1S/C24H24F2N6O3/c1-4-14(2)21(24(33)34)31(3)23-17(26)12-27-22(28-23)19-11-20(18-9-10-35-30-18)32(29-19)13-15-7-5-6-8-16(15)25/h5-12,14,21H,4,13H2,1-3H3,(H,33,34). The molecule has 9 nitrogen and oxygen atoms in total. The summed E-state index contributed by atoms with van der Waals surface area (Å²) in [6, 6.07) is 8.61. The molecule has 3 heterocycles. The van der Waals surface area contributed by atoms with Gasteiger partial charge in [0.1, 0.15) is 29.5 Å². The molecule has 2 unspecified atom stereocenters. The summed E-state index contributed by atoms with van der Waals surface area (Å²) < 4.78 is 35.5. The first-order chi connectivity index (χ1) is 16.8. The van der Waals surface area contributed by atoms with Gasteiger partial charge in [0.2, 0.25) is 0 Å². The SMILES string of the molecule is CCC(C)C(C(=O)O)N(C)c1nc(-c2cc(-c3ccon3)n(Cc3ccccc3F)n2)ncc1F. The van der Waals surface area contributed by atoms with Crippen molar-refractivity contribution in [1.82, 2.24) is 24.9 Å². The third-order valence-corrected chi connectivity index (χ3v) is 5.90. The molecule has 0 aliphatic carbocycles. The molecule has 1 N–H and O–H groups in total. The summed E-state index contributed by atoms with van der Waals surface area (Å²) in [6.07, 6.45) is 2.97. The van der Waals surface area contributed by atoms with E-state index in [1.54, 1.807) is 37.3 Å². The first kappa shape index (κ1) is 24.0. The number of carbonyl (C=O) groups is 1. The molecule has 3 aromatic heterocycles. The number of rotatable bonds is 9. The molecule has 0 aliphatic rings. The van der Waals surface area contributed by atoms with Gasteiger partial charge in [0.05, 0.1) is 18.4 Å². The Morgan fingerprint density at radius 3 is 2.63 bits per heavy atom. The molecule has 0 bridgehead atoms. The van der Waals surface area contributed by atoms with E-state index in [0.717, 1.165) is 6.20 Å². The van der Waals surface area contributed by atoms with E-state index in [1.165, 1.54) is 29.0 Å². The minimum Gasteiger partial charge on any atom is -0.480 e. The van der Waals surface area contributed by atoms with Crippen LogP contribution in [0.25, 0.3) is 22.9 Å². The average Bonchev–Trinajstić information content (AvgIpc) is 3.50. The molecule has 35 heavy (non-hydrogen) atoms. The van der Waals surface area contributed by atoms with Crippen LogP contribution < -0.4 is 4.90 Å². The number of aliphatic carboxylic acids is 1. The van der Waals surface area contributed by atoms with Crippen molar-refractivity contribution < 1.29 is 23.2 Å². The zero-order valence-corrected chi connectivity index (χ0v) is 19.4. The highest BCUT2D eigenvalue weighted by molar-refractivity contribution is 5.78. The van der Waals surface area contributed by atoms with Gasteiger partial charge in [-0.2, -0.15) is 5.10 Å². The van der Waals surface area contributed by atoms with Crippen molar-refractivity contribution in [2.45, 2.75) is 32.9 Å². The van der Waals surface area contributed by atoms with E-state index >= 15 is 0 Å². The molecule has 4 rings (SSSR count). The van der Waals surface area contributed by atoms with Crippen LogP contribution >= 0.6 is 0 Å². The lowest BCUT2D eigenvalue weighted by molar-refractivity contribution is -0.139. The van der Waals surface area contributed by atoms with E-state index in [4.69, 9.17) is 4.52 Å². The van der Waals surface area contributed by atoms with E-state index in [0.29, 0.717) is 23.4 Å². The van der Waals surface area contributed by atoms with Crippen LogP contribution in [0.15, 0.2) is 53.4 Å². The largest absolute Gasteiger partial charge is 0.480 e. The monoisotopic (exact) mass is 482 g/mol. The van der Waals surface area contributed by atoms with E-state index in [1.807, 2.05) is 6.92 Å². The topological polar surface area (TPSA) is 110 Å². The Morgan fingerprint density at radius 2 is 1.97 bits per heavy atom. The fourth-order valence-electron chi connectivity index (χ4n) is 3.86. The summed E-state index contributed by atoms with van der Waals surface area (Å²) in [6.45, 7) is 3.74. The Labute approximate surface area is 200 Å². The Balaban J connectivity index is 1.76. The van der Waals surface area contributed by atoms with Crippen LogP contribution in [-0.2, 0) is 11.3 Å². The van der Waals surface area contributed by atoms with Crippen LogP contribution in [0.3, 0.4) is 0 Å². The van der Waals surface area contributed by atoms with Crippen molar-refractivity contribution >= 4 is 11.8 Å². The van der Waals surface area contributed by atoms with Gasteiger partial charge in [-0.1, -0.05) is 43.6 Å². The van der Waals surface area contributed by atoms with Gasteiger partial charge in [0.25, 0.3) is 0 Å². The maximum absolute atomic E-state index is 14.7. The molecule has 4 aromatic rings. The van der Waals surface area contributed by atoms with Crippen molar-refractivity contribution in [3.05, 3.63) is 66.1 Å². The second kappa shape index (κ2) is 10.00. The zero-order chi connectivity index (χ0) is 25.1. The Morgan fingerprint density at radius 1 is 1.20 bits per heavy atom. The summed E-state index contributed by atoms with van der Waals surface area (Å²) in [5.41, 5.74) is 1.67. The number of carboxylic acid groups (broad SMARTS) is 1. The highest BCUT2D eigenvalue weighted by Gasteiger charge is 2.31. The molecule has 0 saturated heterocycles. The van der Waals surface area contributed by atoms with Crippen LogP contribution in [0.4, 0.5) is 14.6 Å². The van der Waals surface area contributed by atoms with Crippen molar-refractivity contribution in [2.24, 2.45) is 5.92 Å². The Bertz CT molecular complexity index is 1320. The lowest BCUT2D eigenvalue weighted by Gasteiger charge is -2.30. The average molecular weight is 482 g/mol. The van der Waals surface area contributed by atoms with Gasteiger partial charge in [0.15, 0.2) is 17.5 Å². The van der Waals surface area contributed by atoms with Crippen LogP contribution in [-0.4, -0.2) is 49.1 Å². The maximum Gasteiger partial charge on any atom is 0.326 e. The first-order valence-electron chi connectivity index (χ1n) is 11.0. The highest BCUT2D eigenvalue weighted by Crippen LogP contribution is 2.28. The van der Waals surface area contributed by atoms with Gasteiger partial charge < -0.3 is 14.5 Å². The smallest absolute Gasteiger partial charge is 0.326 e. The number of halogens is 2. The van der Waals surface area contributed by atoms with Crippen LogP contribution in [0.2, 0.25) is 0 Å². The number of anilines is 1. The maximum atomic E-state index is 14.7. The number of hydrogen-bond donors (Lipinski definition) is 1. The van der Waals surface area contributed by atoms with E-state index in [-0.39, 0.29) is 35.6 Å². The van der Waals surface area contributed by atoms with Gasteiger partial charge >= 0.3 is 5.97 Å². The summed E-state index contributed by atoms with van der Waals surface area (Å²) in [5.74, 6) is -2.55. The molecule has 1 aromatic carbocycles. The fraction of sp³-hybridized carbons (Fsp3) is 0.292. The zero-order valence-electron chi connectivity index (χ0n) is 19.4. The predicted molar refractivity (Wildman–Crippen MR) is 123 cm³/mol. The molecule has 0 fully saturated rings. The fourth-order valence-corrected chi connectivity index (χ4v) is 3.86. The second-order valence-electron chi connectivity index (χ2n) is 8.19. The lowest BCUT2D eigenvalue weighted by Crippen LogP contribution is -2.44. The quantitative estimate of drug-likeness (QED) is 0.377. The molecule has 0 spiro atoms. The molecule has 0 amide bonds. The number of hydrogen-bond acceptors (Lipinski definition) is 7. The second-order valence-corrected chi connectivity index (χ2v) is 8.19. The minimum atomic E-state index is -1.08. The van der Waals surface area contributed by atoms with Crippen LogP contribution in [0.1, 0.15) is 25.8 Å². The Kier molecular flexibility index (Phi) is 6.85. The van der Waals surface area contributed by atoms with Gasteiger partial charge in [-0.3, -0.25) is 4.68 Å². The van der Waals surface area contributed by atoms with Crippen molar-refractivity contribution in [3.8, 4) is 22.9 Å². The minimum absolute atomic E-state index is 0.0820. The van der Waals surface area contributed by atoms with Gasteiger partial charge in [-0.25, -0.2) is 23.5 Å². The van der Waals surface area contributed by atoms with E-state index in [9.17, 15) is 18.7 Å². The summed E-state index contributed by atoms with van der Waals surface area (Å²) in [7, 11) is 1.48. The molecule has 0 saturated carbocycles. The third kappa shape index (κ3) is 4.88. The summed E-state index contributed by atoms with van der Waals surface area (Å²) in [5, 5.41) is 18.2. The van der Waals surface area contributed by atoms with Crippen LogP contribution in [0.5, 0.6) is 0 Å². The molecule has 0 radical (unpaired) electrons. The highest BCUT2D eigenvalue weighted by atomic mass is 19.1. The molecule has 11 heteroatoms. The third-order valence-electron chi connectivity index (χ3n) is 5.90. The van der Waals surface area contributed by atoms with E-state index < -0.39 is 17.8 Å². The van der Waals surface area contributed by atoms with Crippen molar-refractivity contribution in [2.75, 3.05) is 11.9 Å². The number of aromatic nitrogens is 5. The molecule has 182 valence electrons. The Hall–Kier alpha value is -4.15. The molecule has 0 aliphatic heterocycles. The predicted octanol–water partition coefficient (Wildman–Crippen LogP) is 4.26. The van der Waals surface area contributed by atoms with E-state index in [2.05, 4.69) is 20.2 Å². The van der Waals surface area contributed by atoms with Crippen molar-refractivity contribution in [3.63, 3.8) is 0 Å². The van der Waals surface area contributed by atoms with Crippen molar-refractivity contribution in [1.29, 1.82) is 0 Å². The molecule has 2 atom stereocenters. The lowest BCUT2D eigenvalue weighted by atomic mass is 9.98. The number of carboxylic acids is 1. The summed E-state index contributed by atoms with van der Waals surface area (Å²) >= 11 is 0. The van der Waals surface area contributed by atoms with Gasteiger partial charge in [0, 0.05) is 18.7 Å². The number of likely N-dealkylation sites (N-methyl/N-ethyl adjacent to an activating group) is 1. The molecular formula is C24H24F2N6O3.